The van der Waals surface area contributed by atoms with E-state index in [0.717, 1.165) is 44.4 Å². The first-order chi connectivity index (χ1) is 33.2. The van der Waals surface area contributed by atoms with E-state index >= 15 is 0 Å². The van der Waals surface area contributed by atoms with E-state index in [1.165, 1.54) is 83.6 Å². The molecular formula is C66H49NO. The van der Waals surface area contributed by atoms with Crippen LogP contribution in [0.3, 0.4) is 0 Å². The fraction of sp³-hybridized carbons (Fsp3) is 0.0909. The summed E-state index contributed by atoms with van der Waals surface area (Å²) >= 11 is 0. The highest BCUT2D eigenvalue weighted by Crippen LogP contribution is 2.60. The van der Waals surface area contributed by atoms with Gasteiger partial charge >= 0.3 is 0 Å². The second-order valence-corrected chi connectivity index (χ2v) is 19.6. The fourth-order valence-corrected chi connectivity index (χ4v) is 11.7. The lowest BCUT2D eigenvalue weighted by Gasteiger charge is -2.29. The second kappa shape index (κ2) is 15.2. The van der Waals surface area contributed by atoms with Crippen molar-refractivity contribution in [3.63, 3.8) is 0 Å². The Labute approximate surface area is 398 Å². The molecule has 0 unspecified atom stereocenters. The molecule has 0 spiro atoms. The van der Waals surface area contributed by atoms with Gasteiger partial charge in [-0.25, -0.2) is 0 Å². The van der Waals surface area contributed by atoms with Gasteiger partial charge in [-0.05, 0) is 139 Å². The number of rotatable bonds is 7. The van der Waals surface area contributed by atoms with Gasteiger partial charge in [-0.1, -0.05) is 191 Å². The quantitative estimate of drug-likeness (QED) is 0.159. The molecule has 13 rings (SSSR count). The molecule has 11 aromatic rings. The van der Waals surface area contributed by atoms with Gasteiger partial charge < -0.3 is 9.32 Å². The molecular weight excluding hydrogens is 823 g/mol. The monoisotopic (exact) mass is 871 g/mol. The molecule has 1 heterocycles. The molecule has 1 aromatic heterocycles. The van der Waals surface area contributed by atoms with Gasteiger partial charge in [-0.3, -0.25) is 0 Å². The van der Waals surface area contributed by atoms with Crippen molar-refractivity contribution in [3.05, 3.63) is 247 Å². The predicted octanol–water partition coefficient (Wildman–Crippen LogP) is 18.3. The van der Waals surface area contributed by atoms with Crippen molar-refractivity contribution in [2.45, 2.75) is 38.5 Å². The van der Waals surface area contributed by atoms with Crippen LogP contribution in [0, 0.1) is 0 Å². The SMILES string of the molecule is CC1(C)c2cc3c(cc2-c2c(N(c4ccc(-c5ccccc5)cc4)c4ccc(-c5cccc6c5oc5ccccc56)cc4)cccc21)C(C)(C)c1c(-c2ccccc2)cc(-c2ccccc2)cc1-3. The van der Waals surface area contributed by atoms with Crippen molar-refractivity contribution in [1.29, 1.82) is 0 Å². The van der Waals surface area contributed by atoms with Crippen LogP contribution < -0.4 is 4.90 Å². The Kier molecular flexibility index (Phi) is 8.95. The number of hydrogen-bond donors (Lipinski definition) is 0. The highest BCUT2D eigenvalue weighted by molar-refractivity contribution is 6.09. The topological polar surface area (TPSA) is 16.4 Å². The van der Waals surface area contributed by atoms with Crippen LogP contribution in [0.15, 0.2) is 229 Å². The van der Waals surface area contributed by atoms with Gasteiger partial charge in [0.25, 0.3) is 0 Å². The highest BCUT2D eigenvalue weighted by atomic mass is 16.3. The maximum atomic E-state index is 6.52. The molecule has 0 aliphatic heterocycles. The largest absolute Gasteiger partial charge is 0.455 e. The fourth-order valence-electron chi connectivity index (χ4n) is 11.7. The van der Waals surface area contributed by atoms with Crippen molar-refractivity contribution in [1.82, 2.24) is 0 Å². The molecule has 10 aromatic carbocycles. The average Bonchev–Trinajstić information content (AvgIpc) is 3.96. The van der Waals surface area contributed by atoms with Gasteiger partial charge in [0.05, 0.1) is 5.69 Å². The van der Waals surface area contributed by atoms with Gasteiger partial charge in [0.1, 0.15) is 11.2 Å². The second-order valence-electron chi connectivity index (χ2n) is 19.6. The molecule has 0 atom stereocenters. The Morgan fingerprint density at radius 1 is 0.338 bits per heavy atom. The molecule has 0 fully saturated rings. The number of benzene rings is 10. The van der Waals surface area contributed by atoms with Crippen LogP contribution in [-0.2, 0) is 10.8 Å². The lowest BCUT2D eigenvalue weighted by Crippen LogP contribution is -2.17. The van der Waals surface area contributed by atoms with Crippen molar-refractivity contribution < 1.29 is 4.42 Å². The Morgan fingerprint density at radius 3 is 1.54 bits per heavy atom. The summed E-state index contributed by atoms with van der Waals surface area (Å²) in [7, 11) is 0. The number of para-hydroxylation sites is 2. The molecule has 2 heteroatoms. The molecule has 0 bridgehead atoms. The van der Waals surface area contributed by atoms with E-state index in [4.69, 9.17) is 4.42 Å². The highest BCUT2D eigenvalue weighted by Gasteiger charge is 2.44. The van der Waals surface area contributed by atoms with Crippen LogP contribution in [0.2, 0.25) is 0 Å². The van der Waals surface area contributed by atoms with Crippen molar-refractivity contribution in [2.24, 2.45) is 0 Å². The van der Waals surface area contributed by atoms with Crippen LogP contribution in [0.4, 0.5) is 17.1 Å². The summed E-state index contributed by atoms with van der Waals surface area (Å²) in [6.45, 7) is 9.69. The van der Waals surface area contributed by atoms with Gasteiger partial charge in [0.15, 0.2) is 0 Å². The van der Waals surface area contributed by atoms with E-state index < -0.39 is 0 Å². The number of hydrogen-bond acceptors (Lipinski definition) is 2. The summed E-state index contributed by atoms with van der Waals surface area (Å²) in [5.74, 6) is 0. The first-order valence-electron chi connectivity index (χ1n) is 23.8. The Hall–Kier alpha value is -8.20. The number of nitrogens with zero attached hydrogens (tertiary/aromatic N) is 1. The maximum Gasteiger partial charge on any atom is 0.143 e. The van der Waals surface area contributed by atoms with Crippen molar-refractivity contribution >= 4 is 39.0 Å². The summed E-state index contributed by atoms with van der Waals surface area (Å²) < 4.78 is 6.52. The lowest BCUT2D eigenvalue weighted by atomic mass is 9.77. The molecule has 2 nitrogen and oxygen atoms in total. The molecule has 2 aliphatic rings. The smallest absolute Gasteiger partial charge is 0.143 e. The molecule has 0 N–H and O–H groups in total. The normalized spacial score (nSPS) is 13.8. The molecule has 0 saturated heterocycles. The molecule has 2 aliphatic carbocycles. The van der Waals surface area contributed by atoms with E-state index in [2.05, 4.69) is 251 Å². The zero-order chi connectivity index (χ0) is 45.7. The summed E-state index contributed by atoms with van der Waals surface area (Å²) in [6.07, 6.45) is 0. The van der Waals surface area contributed by atoms with Crippen LogP contribution in [0.25, 0.3) is 88.7 Å². The third-order valence-corrected chi connectivity index (χ3v) is 15.0. The van der Waals surface area contributed by atoms with E-state index in [-0.39, 0.29) is 10.8 Å². The first-order valence-corrected chi connectivity index (χ1v) is 23.8. The van der Waals surface area contributed by atoms with E-state index in [1.807, 2.05) is 6.07 Å². The number of fused-ring (bicyclic) bond motifs is 9. The molecule has 0 radical (unpaired) electrons. The Balaban J connectivity index is 0.992. The van der Waals surface area contributed by atoms with Gasteiger partial charge in [0.2, 0.25) is 0 Å². The average molecular weight is 872 g/mol. The number of furan rings is 1. The van der Waals surface area contributed by atoms with Crippen LogP contribution in [0.1, 0.15) is 49.9 Å². The Morgan fingerprint density at radius 2 is 0.853 bits per heavy atom. The van der Waals surface area contributed by atoms with Crippen LogP contribution in [0.5, 0.6) is 0 Å². The Bertz CT molecular complexity index is 3750. The minimum absolute atomic E-state index is 0.250. The first kappa shape index (κ1) is 40.1. The molecule has 0 amide bonds. The van der Waals surface area contributed by atoms with E-state index in [9.17, 15) is 0 Å². The summed E-state index contributed by atoms with van der Waals surface area (Å²) in [5.41, 5.74) is 25.0. The van der Waals surface area contributed by atoms with E-state index in [0.29, 0.717) is 0 Å². The minimum atomic E-state index is -0.257. The van der Waals surface area contributed by atoms with Gasteiger partial charge in [-0.15, -0.1) is 0 Å². The molecule has 68 heavy (non-hydrogen) atoms. The van der Waals surface area contributed by atoms with Gasteiger partial charge in [-0.2, -0.15) is 0 Å². The lowest BCUT2D eigenvalue weighted by molar-refractivity contribution is 0.653. The third-order valence-electron chi connectivity index (χ3n) is 15.0. The standard InChI is InChI=1S/C66H49NO/c1-65(2)57-27-17-28-60(62(57)56-41-58-54(40-59(56)65)55-39-47(43-20-10-6-11-21-43)38-53(63(55)66(58,3)4)45-22-12-7-13-23-45)67(48-34-30-44(31-35-48)42-18-8-5-9-19-42)49-36-32-46(33-37-49)50-25-16-26-52-51-24-14-15-29-61(51)68-64(50)52/h5-41H,1-4H3. The summed E-state index contributed by atoms with van der Waals surface area (Å²) in [5, 5.41) is 2.27. The maximum absolute atomic E-state index is 6.52. The minimum Gasteiger partial charge on any atom is -0.455 e. The van der Waals surface area contributed by atoms with Crippen molar-refractivity contribution in [3.8, 4) is 66.8 Å². The number of anilines is 3. The van der Waals surface area contributed by atoms with Crippen molar-refractivity contribution in [2.75, 3.05) is 4.90 Å². The third kappa shape index (κ3) is 6.10. The molecule has 324 valence electrons. The summed E-state index contributed by atoms with van der Waals surface area (Å²) in [6, 6.07) is 82.4. The van der Waals surface area contributed by atoms with Gasteiger partial charge in [0, 0.05) is 44.1 Å². The predicted molar refractivity (Wildman–Crippen MR) is 285 cm³/mol. The zero-order valence-electron chi connectivity index (χ0n) is 38.7. The van der Waals surface area contributed by atoms with E-state index in [1.54, 1.807) is 0 Å². The summed E-state index contributed by atoms with van der Waals surface area (Å²) in [4.78, 5) is 2.47. The zero-order valence-corrected chi connectivity index (χ0v) is 38.7. The van der Waals surface area contributed by atoms with Crippen LogP contribution in [-0.4, -0.2) is 0 Å². The van der Waals surface area contributed by atoms with Crippen LogP contribution >= 0.6 is 0 Å². The molecule has 0 saturated carbocycles.